The molecule has 0 saturated carbocycles. The number of rotatable bonds is 6. The maximum absolute atomic E-state index is 12.0. The SMILES string of the molecule is COc1cccc(C(=O)NN=Cc2ccc(OC)c(OC)c2)c1. The van der Waals surface area contributed by atoms with Crippen LogP contribution in [0.1, 0.15) is 15.9 Å². The predicted octanol–water partition coefficient (Wildman–Crippen LogP) is 2.48. The molecular formula is C17H18N2O4. The average molecular weight is 314 g/mol. The van der Waals surface area contributed by atoms with Crippen molar-refractivity contribution < 1.29 is 19.0 Å². The minimum Gasteiger partial charge on any atom is -0.497 e. The summed E-state index contributed by atoms with van der Waals surface area (Å²) in [4.78, 5) is 12.0. The van der Waals surface area contributed by atoms with Gasteiger partial charge in [-0.2, -0.15) is 5.10 Å². The molecule has 0 bridgehead atoms. The van der Waals surface area contributed by atoms with Gasteiger partial charge in [-0.1, -0.05) is 6.07 Å². The van der Waals surface area contributed by atoms with Crippen LogP contribution in [0.3, 0.4) is 0 Å². The lowest BCUT2D eigenvalue weighted by Gasteiger charge is -2.07. The molecule has 0 spiro atoms. The van der Waals surface area contributed by atoms with E-state index in [1.165, 1.54) is 6.21 Å². The minimum atomic E-state index is -0.319. The quantitative estimate of drug-likeness (QED) is 0.657. The summed E-state index contributed by atoms with van der Waals surface area (Å²) in [7, 11) is 4.68. The maximum Gasteiger partial charge on any atom is 0.271 e. The van der Waals surface area contributed by atoms with E-state index in [2.05, 4.69) is 10.5 Å². The molecule has 0 fully saturated rings. The second-order valence-electron chi connectivity index (χ2n) is 4.55. The molecule has 0 unspecified atom stereocenters. The summed E-state index contributed by atoms with van der Waals surface area (Å²) in [5, 5.41) is 3.94. The van der Waals surface area contributed by atoms with E-state index in [0.717, 1.165) is 5.56 Å². The van der Waals surface area contributed by atoms with Crippen LogP contribution in [0, 0.1) is 0 Å². The largest absolute Gasteiger partial charge is 0.497 e. The Morgan fingerprint density at radius 2 is 1.78 bits per heavy atom. The van der Waals surface area contributed by atoms with Crippen molar-refractivity contribution in [2.75, 3.05) is 21.3 Å². The van der Waals surface area contributed by atoms with Crippen molar-refractivity contribution in [3.05, 3.63) is 53.6 Å². The number of ether oxygens (including phenoxy) is 3. The number of benzene rings is 2. The molecular weight excluding hydrogens is 296 g/mol. The fraction of sp³-hybridized carbons (Fsp3) is 0.176. The average Bonchev–Trinajstić information content (AvgIpc) is 2.61. The number of carbonyl (C=O) groups excluding carboxylic acids is 1. The van der Waals surface area contributed by atoms with Gasteiger partial charge in [0.2, 0.25) is 0 Å². The van der Waals surface area contributed by atoms with E-state index in [0.29, 0.717) is 22.8 Å². The Hall–Kier alpha value is -3.02. The lowest BCUT2D eigenvalue weighted by atomic mass is 10.2. The fourth-order valence-electron chi connectivity index (χ4n) is 1.93. The summed E-state index contributed by atoms with van der Waals surface area (Å²) in [6.45, 7) is 0. The van der Waals surface area contributed by atoms with Gasteiger partial charge in [0.05, 0.1) is 27.5 Å². The lowest BCUT2D eigenvalue weighted by molar-refractivity contribution is 0.0955. The van der Waals surface area contributed by atoms with E-state index in [1.54, 1.807) is 57.7 Å². The highest BCUT2D eigenvalue weighted by atomic mass is 16.5. The molecule has 0 heterocycles. The van der Waals surface area contributed by atoms with E-state index in [-0.39, 0.29) is 5.91 Å². The molecule has 6 nitrogen and oxygen atoms in total. The summed E-state index contributed by atoms with van der Waals surface area (Å²) >= 11 is 0. The molecule has 0 radical (unpaired) electrons. The van der Waals surface area contributed by atoms with Gasteiger partial charge in [0, 0.05) is 5.56 Å². The van der Waals surface area contributed by atoms with Gasteiger partial charge < -0.3 is 14.2 Å². The Morgan fingerprint density at radius 3 is 2.48 bits per heavy atom. The summed E-state index contributed by atoms with van der Waals surface area (Å²) < 4.78 is 15.5. The van der Waals surface area contributed by atoms with Crippen LogP contribution < -0.4 is 19.6 Å². The van der Waals surface area contributed by atoms with Gasteiger partial charge in [0.15, 0.2) is 11.5 Å². The first-order chi connectivity index (χ1) is 11.2. The van der Waals surface area contributed by atoms with Crippen molar-refractivity contribution in [1.82, 2.24) is 5.43 Å². The smallest absolute Gasteiger partial charge is 0.271 e. The summed E-state index contributed by atoms with van der Waals surface area (Å²) in [5.74, 6) is 1.52. The van der Waals surface area contributed by atoms with Gasteiger partial charge in [0.25, 0.3) is 5.91 Å². The highest BCUT2D eigenvalue weighted by Crippen LogP contribution is 2.26. The van der Waals surface area contributed by atoms with E-state index in [1.807, 2.05) is 6.07 Å². The first-order valence-electron chi connectivity index (χ1n) is 6.87. The maximum atomic E-state index is 12.0. The first kappa shape index (κ1) is 16.4. The van der Waals surface area contributed by atoms with Crippen LogP contribution in [0.5, 0.6) is 17.2 Å². The van der Waals surface area contributed by atoms with Crippen LogP contribution in [0.25, 0.3) is 0 Å². The van der Waals surface area contributed by atoms with Crippen LogP contribution in [-0.4, -0.2) is 33.5 Å². The first-order valence-corrected chi connectivity index (χ1v) is 6.87. The van der Waals surface area contributed by atoms with Crippen molar-refractivity contribution in [3.8, 4) is 17.2 Å². The van der Waals surface area contributed by atoms with Crippen LogP contribution in [0.2, 0.25) is 0 Å². The van der Waals surface area contributed by atoms with Crippen LogP contribution in [-0.2, 0) is 0 Å². The van der Waals surface area contributed by atoms with Crippen molar-refractivity contribution in [3.63, 3.8) is 0 Å². The second-order valence-corrected chi connectivity index (χ2v) is 4.55. The zero-order valence-electron chi connectivity index (χ0n) is 13.2. The topological polar surface area (TPSA) is 69.2 Å². The monoisotopic (exact) mass is 314 g/mol. The molecule has 1 N–H and O–H groups in total. The Morgan fingerprint density at radius 1 is 1.00 bits per heavy atom. The Labute approximate surface area is 134 Å². The van der Waals surface area contributed by atoms with E-state index in [4.69, 9.17) is 14.2 Å². The molecule has 0 aliphatic rings. The number of hydrazone groups is 1. The third kappa shape index (κ3) is 4.23. The zero-order chi connectivity index (χ0) is 16.7. The zero-order valence-corrected chi connectivity index (χ0v) is 13.2. The minimum absolute atomic E-state index is 0.319. The molecule has 23 heavy (non-hydrogen) atoms. The Balaban J connectivity index is 2.04. The van der Waals surface area contributed by atoms with Crippen molar-refractivity contribution in [1.29, 1.82) is 0 Å². The predicted molar refractivity (Wildman–Crippen MR) is 87.6 cm³/mol. The summed E-state index contributed by atoms with van der Waals surface area (Å²) in [6, 6.07) is 12.2. The van der Waals surface area contributed by atoms with E-state index >= 15 is 0 Å². The molecule has 0 aromatic heterocycles. The van der Waals surface area contributed by atoms with Crippen molar-refractivity contribution >= 4 is 12.1 Å². The van der Waals surface area contributed by atoms with Crippen molar-refractivity contribution in [2.24, 2.45) is 5.10 Å². The van der Waals surface area contributed by atoms with Gasteiger partial charge in [0.1, 0.15) is 5.75 Å². The molecule has 120 valence electrons. The molecule has 1 amide bonds. The molecule has 6 heteroatoms. The number of nitrogens with one attached hydrogen (secondary N) is 1. The van der Waals surface area contributed by atoms with E-state index in [9.17, 15) is 4.79 Å². The molecule has 0 aliphatic carbocycles. The van der Waals surface area contributed by atoms with Gasteiger partial charge in [-0.3, -0.25) is 4.79 Å². The van der Waals surface area contributed by atoms with Gasteiger partial charge >= 0.3 is 0 Å². The van der Waals surface area contributed by atoms with Gasteiger partial charge in [-0.25, -0.2) is 5.43 Å². The lowest BCUT2D eigenvalue weighted by Crippen LogP contribution is -2.17. The highest BCUT2D eigenvalue weighted by Gasteiger charge is 2.06. The normalized spacial score (nSPS) is 10.4. The molecule has 2 aromatic rings. The number of amides is 1. The number of methoxy groups -OCH3 is 3. The molecule has 2 aromatic carbocycles. The molecule has 0 aliphatic heterocycles. The standard InChI is InChI=1S/C17H18N2O4/c1-21-14-6-4-5-13(10-14)17(20)19-18-11-12-7-8-15(22-2)16(9-12)23-3/h4-11H,1-3H3,(H,19,20). The number of hydrogen-bond donors (Lipinski definition) is 1. The third-order valence-corrected chi connectivity index (χ3v) is 3.12. The Kier molecular flexibility index (Phi) is 5.57. The van der Waals surface area contributed by atoms with Gasteiger partial charge in [-0.05, 0) is 42.0 Å². The third-order valence-electron chi connectivity index (χ3n) is 3.12. The summed E-state index contributed by atoms with van der Waals surface area (Å²) in [6.07, 6.45) is 1.53. The fourth-order valence-corrected chi connectivity index (χ4v) is 1.93. The number of hydrogen-bond acceptors (Lipinski definition) is 5. The number of carbonyl (C=O) groups is 1. The molecule has 0 saturated heterocycles. The van der Waals surface area contributed by atoms with Gasteiger partial charge in [-0.15, -0.1) is 0 Å². The van der Waals surface area contributed by atoms with Crippen LogP contribution in [0.4, 0.5) is 0 Å². The van der Waals surface area contributed by atoms with E-state index < -0.39 is 0 Å². The van der Waals surface area contributed by atoms with Crippen molar-refractivity contribution in [2.45, 2.75) is 0 Å². The van der Waals surface area contributed by atoms with Crippen LogP contribution >= 0.6 is 0 Å². The molecule has 0 atom stereocenters. The second kappa shape index (κ2) is 7.84. The molecule has 2 rings (SSSR count). The van der Waals surface area contributed by atoms with Crippen LogP contribution in [0.15, 0.2) is 47.6 Å². The number of nitrogens with zero attached hydrogens (tertiary/aromatic N) is 1. The summed E-state index contributed by atoms with van der Waals surface area (Å²) in [5.41, 5.74) is 3.71. The Bertz CT molecular complexity index is 713. The highest BCUT2D eigenvalue weighted by molar-refractivity contribution is 5.95.